The maximum absolute atomic E-state index is 13.3. The number of hydrogen-bond donors (Lipinski definition) is 2. The Bertz CT molecular complexity index is 736. The molecule has 0 radical (unpaired) electrons. The fourth-order valence-corrected chi connectivity index (χ4v) is 1.70. The Morgan fingerprint density at radius 2 is 1.89 bits per heavy atom. The minimum absolute atomic E-state index is 0.455. The molecule has 1 heterocycles. The SMILES string of the molecule is O=Nc1c(O)c2c(C(F)(F)F)c(F)ccc2[nH]c1=O. The van der Waals surface area contributed by atoms with Gasteiger partial charge in [0.05, 0.1) is 10.9 Å². The highest BCUT2D eigenvalue weighted by Crippen LogP contribution is 2.41. The maximum atomic E-state index is 13.3. The molecule has 2 N–H and O–H groups in total. The van der Waals surface area contributed by atoms with Crippen molar-refractivity contribution in [2.75, 3.05) is 0 Å². The zero-order chi connectivity index (χ0) is 14.4. The van der Waals surface area contributed by atoms with Crippen molar-refractivity contribution in [3.8, 4) is 5.75 Å². The van der Waals surface area contributed by atoms with Crippen molar-refractivity contribution in [3.05, 3.63) is 38.8 Å². The van der Waals surface area contributed by atoms with Gasteiger partial charge in [-0.3, -0.25) is 4.79 Å². The summed E-state index contributed by atoms with van der Waals surface area (Å²) in [5, 5.41) is 10.6. The van der Waals surface area contributed by atoms with Gasteiger partial charge in [0, 0.05) is 0 Å². The third-order valence-electron chi connectivity index (χ3n) is 2.45. The first-order valence-electron chi connectivity index (χ1n) is 4.75. The third kappa shape index (κ3) is 1.92. The molecule has 5 nitrogen and oxygen atoms in total. The average Bonchev–Trinajstić information content (AvgIpc) is 2.29. The van der Waals surface area contributed by atoms with E-state index < -0.39 is 45.5 Å². The van der Waals surface area contributed by atoms with Crippen molar-refractivity contribution in [2.45, 2.75) is 6.18 Å². The van der Waals surface area contributed by atoms with E-state index in [1.807, 2.05) is 4.98 Å². The van der Waals surface area contributed by atoms with E-state index in [4.69, 9.17) is 0 Å². The van der Waals surface area contributed by atoms with Crippen LogP contribution in [0.5, 0.6) is 5.75 Å². The first-order chi connectivity index (χ1) is 8.77. The molecule has 0 aliphatic heterocycles. The molecule has 1 aromatic carbocycles. The van der Waals surface area contributed by atoms with E-state index in [9.17, 15) is 32.4 Å². The number of aromatic hydroxyl groups is 1. The molecule has 0 atom stereocenters. The Hall–Kier alpha value is -2.45. The molecule has 0 aliphatic carbocycles. The van der Waals surface area contributed by atoms with Gasteiger partial charge in [-0.1, -0.05) is 0 Å². The van der Waals surface area contributed by atoms with Gasteiger partial charge in [0.2, 0.25) is 5.69 Å². The molecule has 9 heteroatoms. The summed E-state index contributed by atoms with van der Waals surface area (Å²) in [5.41, 5.74) is -4.53. The number of nitrogens with one attached hydrogen (secondary N) is 1. The number of pyridine rings is 1. The highest BCUT2D eigenvalue weighted by molar-refractivity contribution is 5.92. The number of nitroso groups, excluding NO2 is 1. The fourth-order valence-electron chi connectivity index (χ4n) is 1.70. The molecule has 100 valence electrons. The minimum Gasteiger partial charge on any atom is -0.505 e. The molecular weight excluding hydrogens is 272 g/mol. The van der Waals surface area contributed by atoms with Gasteiger partial charge < -0.3 is 10.1 Å². The summed E-state index contributed by atoms with van der Waals surface area (Å²) < 4.78 is 51.5. The summed E-state index contributed by atoms with van der Waals surface area (Å²) in [6, 6.07) is 1.34. The Kier molecular flexibility index (Phi) is 2.76. The normalized spacial score (nSPS) is 11.8. The van der Waals surface area contributed by atoms with Crippen LogP contribution in [-0.2, 0) is 6.18 Å². The van der Waals surface area contributed by atoms with Crippen LogP contribution in [0.2, 0.25) is 0 Å². The number of benzene rings is 1. The third-order valence-corrected chi connectivity index (χ3v) is 2.45. The van der Waals surface area contributed by atoms with Crippen LogP contribution in [0.25, 0.3) is 10.9 Å². The van der Waals surface area contributed by atoms with Crippen molar-refractivity contribution in [3.63, 3.8) is 0 Å². The molecule has 0 aliphatic rings. The molecule has 0 saturated carbocycles. The predicted molar refractivity (Wildman–Crippen MR) is 56.6 cm³/mol. The number of H-pyrrole nitrogens is 1. The lowest BCUT2D eigenvalue weighted by Crippen LogP contribution is -2.12. The number of aromatic nitrogens is 1. The van der Waals surface area contributed by atoms with Crippen LogP contribution >= 0.6 is 0 Å². The summed E-state index contributed by atoms with van der Waals surface area (Å²) in [6.45, 7) is 0. The monoisotopic (exact) mass is 276 g/mol. The zero-order valence-electron chi connectivity index (χ0n) is 8.88. The summed E-state index contributed by atoms with van der Waals surface area (Å²) in [5.74, 6) is -2.94. The molecule has 0 amide bonds. The molecule has 0 unspecified atom stereocenters. The smallest absolute Gasteiger partial charge is 0.420 e. The molecule has 0 saturated heterocycles. The highest BCUT2D eigenvalue weighted by Gasteiger charge is 2.38. The Morgan fingerprint density at radius 3 is 2.42 bits per heavy atom. The standard InChI is InChI=1S/C10H4F4N2O3/c11-3-1-2-4-5(6(3)10(12,13)14)8(17)7(16-19)9(18)15-4/h1-2H,(H2,15,17,18). The van der Waals surface area contributed by atoms with E-state index >= 15 is 0 Å². The number of rotatable bonds is 1. The van der Waals surface area contributed by atoms with Gasteiger partial charge in [-0.25, -0.2) is 4.39 Å². The second-order valence-corrected chi connectivity index (χ2v) is 3.59. The van der Waals surface area contributed by atoms with Crippen LogP contribution in [0.1, 0.15) is 5.56 Å². The Morgan fingerprint density at radius 1 is 1.26 bits per heavy atom. The van der Waals surface area contributed by atoms with Crippen molar-refractivity contribution >= 4 is 16.6 Å². The average molecular weight is 276 g/mol. The van der Waals surface area contributed by atoms with E-state index in [1.54, 1.807) is 0 Å². The van der Waals surface area contributed by atoms with E-state index in [0.717, 1.165) is 6.07 Å². The summed E-state index contributed by atoms with van der Waals surface area (Å²) in [6.07, 6.45) is -5.11. The van der Waals surface area contributed by atoms with Gasteiger partial charge >= 0.3 is 6.18 Å². The lowest BCUT2D eigenvalue weighted by atomic mass is 10.1. The molecule has 1 aromatic heterocycles. The molecule has 0 fully saturated rings. The topological polar surface area (TPSA) is 82.5 Å². The molecule has 0 spiro atoms. The predicted octanol–water partition coefficient (Wildman–Crippen LogP) is 2.79. The zero-order valence-corrected chi connectivity index (χ0v) is 8.88. The lowest BCUT2D eigenvalue weighted by Gasteiger charge is -2.12. The van der Waals surface area contributed by atoms with Gasteiger partial charge in [-0.15, -0.1) is 4.91 Å². The molecule has 2 aromatic rings. The van der Waals surface area contributed by atoms with Gasteiger partial charge in [0.15, 0.2) is 5.75 Å². The second-order valence-electron chi connectivity index (χ2n) is 3.59. The van der Waals surface area contributed by atoms with Crippen LogP contribution in [0.3, 0.4) is 0 Å². The second kappa shape index (κ2) is 4.04. The number of fused-ring (bicyclic) bond motifs is 1. The van der Waals surface area contributed by atoms with Crippen LogP contribution < -0.4 is 5.56 Å². The largest absolute Gasteiger partial charge is 0.505 e. The van der Waals surface area contributed by atoms with Crippen LogP contribution in [-0.4, -0.2) is 10.1 Å². The Balaban J connectivity index is 3.08. The highest BCUT2D eigenvalue weighted by atomic mass is 19.4. The van der Waals surface area contributed by atoms with E-state index in [-0.39, 0.29) is 0 Å². The Labute approximate surface area is 101 Å². The van der Waals surface area contributed by atoms with Crippen LogP contribution in [0.15, 0.2) is 22.1 Å². The van der Waals surface area contributed by atoms with Crippen LogP contribution in [0, 0.1) is 10.7 Å². The van der Waals surface area contributed by atoms with Gasteiger partial charge in [0.1, 0.15) is 11.4 Å². The van der Waals surface area contributed by atoms with E-state index in [0.29, 0.717) is 6.07 Å². The van der Waals surface area contributed by atoms with Crippen LogP contribution in [0.4, 0.5) is 23.2 Å². The summed E-state index contributed by atoms with van der Waals surface area (Å²) in [7, 11) is 0. The molecule has 2 rings (SSSR count). The van der Waals surface area contributed by atoms with E-state index in [1.165, 1.54) is 0 Å². The van der Waals surface area contributed by atoms with E-state index in [2.05, 4.69) is 5.18 Å². The molecular formula is C10H4F4N2O3. The number of aromatic amines is 1. The van der Waals surface area contributed by atoms with Gasteiger partial charge in [-0.05, 0) is 17.3 Å². The fraction of sp³-hybridized carbons (Fsp3) is 0.100. The lowest BCUT2D eigenvalue weighted by molar-refractivity contribution is -0.138. The minimum atomic E-state index is -5.11. The summed E-state index contributed by atoms with van der Waals surface area (Å²) >= 11 is 0. The quantitative estimate of drug-likeness (QED) is 0.620. The summed E-state index contributed by atoms with van der Waals surface area (Å²) in [4.78, 5) is 23.5. The maximum Gasteiger partial charge on any atom is 0.420 e. The number of nitrogens with zero attached hydrogens (tertiary/aromatic N) is 1. The first-order valence-corrected chi connectivity index (χ1v) is 4.75. The first kappa shape index (κ1) is 13.0. The number of halogens is 4. The van der Waals surface area contributed by atoms with Crippen molar-refractivity contribution < 1.29 is 22.7 Å². The van der Waals surface area contributed by atoms with Crippen molar-refractivity contribution in [1.29, 1.82) is 0 Å². The van der Waals surface area contributed by atoms with Crippen molar-refractivity contribution in [2.24, 2.45) is 5.18 Å². The van der Waals surface area contributed by atoms with Crippen molar-refractivity contribution in [1.82, 2.24) is 4.98 Å². The van der Waals surface area contributed by atoms with Gasteiger partial charge in [-0.2, -0.15) is 13.2 Å². The molecule has 19 heavy (non-hydrogen) atoms. The number of hydrogen-bond acceptors (Lipinski definition) is 4. The van der Waals surface area contributed by atoms with Gasteiger partial charge in [0.25, 0.3) is 5.56 Å². The number of alkyl halides is 3. The molecule has 0 bridgehead atoms.